The average molecular weight is 264 g/mol. The third-order valence-electron chi connectivity index (χ3n) is 3.43. The minimum absolute atomic E-state index is 0.00217. The molecule has 2 atom stereocenters. The summed E-state index contributed by atoms with van der Waals surface area (Å²) in [5.41, 5.74) is 5.24. The topological polar surface area (TPSA) is 46.3 Å². The molecule has 0 radical (unpaired) electrons. The van der Waals surface area contributed by atoms with E-state index in [1.807, 2.05) is 13.8 Å². The molecular formula is C12H19F3N2O. The Balaban J connectivity index is 2.63. The summed E-state index contributed by atoms with van der Waals surface area (Å²) in [6.07, 6.45) is -2.59. The van der Waals surface area contributed by atoms with Crippen molar-refractivity contribution in [1.82, 2.24) is 4.90 Å². The Morgan fingerprint density at radius 2 is 2.17 bits per heavy atom. The Morgan fingerprint density at radius 3 is 2.56 bits per heavy atom. The largest absolute Gasteiger partial charge is 0.412 e. The molecule has 1 aliphatic rings. The van der Waals surface area contributed by atoms with Crippen LogP contribution in [0.5, 0.6) is 0 Å². The number of alkyl halides is 3. The van der Waals surface area contributed by atoms with Crippen molar-refractivity contribution in [3.05, 3.63) is 11.6 Å². The van der Waals surface area contributed by atoms with Crippen molar-refractivity contribution in [2.24, 2.45) is 11.7 Å². The number of hydrogen-bond acceptors (Lipinski definition) is 2. The zero-order chi connectivity index (χ0) is 13.9. The molecule has 1 amide bonds. The van der Waals surface area contributed by atoms with Gasteiger partial charge in [0.15, 0.2) is 0 Å². The molecule has 0 aromatic carbocycles. The number of nitrogens with zero attached hydrogens (tertiary/aromatic N) is 1. The molecule has 3 nitrogen and oxygen atoms in total. The summed E-state index contributed by atoms with van der Waals surface area (Å²) in [6.45, 7) is 3.88. The quantitative estimate of drug-likeness (QED) is 0.793. The average Bonchev–Trinajstić information content (AvgIpc) is 2.35. The second-order valence-corrected chi connectivity index (χ2v) is 4.67. The first-order valence-corrected chi connectivity index (χ1v) is 6.08. The minimum atomic E-state index is -4.28. The number of amides is 1. The summed E-state index contributed by atoms with van der Waals surface area (Å²) in [5, 5.41) is 0. The summed E-state index contributed by atoms with van der Waals surface area (Å²) in [7, 11) is 0. The first kappa shape index (κ1) is 15.0. The Bertz CT molecular complexity index is 339. The summed E-state index contributed by atoms with van der Waals surface area (Å²) in [6, 6.07) is -0.629. The van der Waals surface area contributed by atoms with Crippen LogP contribution in [0.1, 0.15) is 26.7 Å². The Labute approximate surface area is 105 Å². The molecule has 6 heteroatoms. The standard InChI is InChI=1S/C12H19F3N2O/c1-3-8(2)10(16)11(18)17-6-4-9(5-7-17)12(13,14)15/h4,8,10H,3,5-7,16H2,1-2H3/t8-,10-/m0/s1. The van der Waals surface area contributed by atoms with Crippen LogP contribution in [-0.4, -0.2) is 36.1 Å². The molecule has 0 aliphatic carbocycles. The second-order valence-electron chi connectivity index (χ2n) is 4.67. The molecular weight excluding hydrogens is 245 g/mol. The molecule has 1 aliphatic heterocycles. The van der Waals surface area contributed by atoms with Crippen LogP contribution in [0.25, 0.3) is 0 Å². The number of hydrogen-bond donors (Lipinski definition) is 1. The molecule has 18 heavy (non-hydrogen) atoms. The molecule has 0 bridgehead atoms. The van der Waals surface area contributed by atoms with Gasteiger partial charge in [-0.25, -0.2) is 0 Å². The van der Waals surface area contributed by atoms with Crippen LogP contribution in [0.15, 0.2) is 11.6 Å². The lowest BCUT2D eigenvalue weighted by Crippen LogP contribution is -2.48. The van der Waals surface area contributed by atoms with Gasteiger partial charge in [-0.1, -0.05) is 26.3 Å². The van der Waals surface area contributed by atoms with Gasteiger partial charge in [0.25, 0.3) is 0 Å². The SMILES string of the molecule is CC[C@H](C)[C@H](N)C(=O)N1CC=C(C(F)(F)F)CC1. The Morgan fingerprint density at radius 1 is 1.56 bits per heavy atom. The van der Waals surface area contributed by atoms with E-state index >= 15 is 0 Å². The van der Waals surface area contributed by atoms with E-state index in [0.717, 1.165) is 12.5 Å². The molecule has 0 aromatic heterocycles. The van der Waals surface area contributed by atoms with Crippen molar-refractivity contribution in [2.45, 2.75) is 38.9 Å². The summed E-state index contributed by atoms with van der Waals surface area (Å²) in [4.78, 5) is 13.3. The van der Waals surface area contributed by atoms with Gasteiger partial charge in [0.2, 0.25) is 5.91 Å². The van der Waals surface area contributed by atoms with E-state index in [0.29, 0.717) is 0 Å². The van der Waals surface area contributed by atoms with Gasteiger partial charge in [-0.2, -0.15) is 13.2 Å². The molecule has 1 rings (SSSR count). The maximum Gasteiger partial charge on any atom is 0.412 e. The van der Waals surface area contributed by atoms with E-state index in [2.05, 4.69) is 0 Å². The first-order chi connectivity index (χ1) is 8.27. The van der Waals surface area contributed by atoms with Gasteiger partial charge < -0.3 is 10.6 Å². The fourth-order valence-electron chi connectivity index (χ4n) is 1.83. The van der Waals surface area contributed by atoms with Gasteiger partial charge in [-0.3, -0.25) is 4.79 Å². The molecule has 0 saturated carbocycles. The molecule has 0 fully saturated rings. The lowest BCUT2D eigenvalue weighted by molar-refractivity contribution is -0.134. The summed E-state index contributed by atoms with van der Waals surface area (Å²) >= 11 is 0. The fraction of sp³-hybridized carbons (Fsp3) is 0.750. The van der Waals surface area contributed by atoms with E-state index in [-0.39, 0.29) is 31.3 Å². The number of rotatable bonds is 3. The molecule has 0 aromatic rings. The van der Waals surface area contributed by atoms with E-state index in [9.17, 15) is 18.0 Å². The fourth-order valence-corrected chi connectivity index (χ4v) is 1.83. The highest BCUT2D eigenvalue weighted by Crippen LogP contribution is 2.30. The van der Waals surface area contributed by atoms with E-state index in [1.165, 1.54) is 4.90 Å². The van der Waals surface area contributed by atoms with Gasteiger partial charge in [0.05, 0.1) is 6.04 Å². The number of carbonyl (C=O) groups is 1. The lowest BCUT2D eigenvalue weighted by atomic mass is 9.98. The summed E-state index contributed by atoms with van der Waals surface area (Å²) in [5.74, 6) is -0.229. The normalized spacial score (nSPS) is 20.3. The highest BCUT2D eigenvalue weighted by Gasteiger charge is 2.36. The van der Waals surface area contributed by atoms with Crippen molar-refractivity contribution in [1.29, 1.82) is 0 Å². The van der Waals surface area contributed by atoms with Crippen LogP contribution in [0.2, 0.25) is 0 Å². The zero-order valence-electron chi connectivity index (χ0n) is 10.6. The predicted molar refractivity (Wildman–Crippen MR) is 62.8 cm³/mol. The first-order valence-electron chi connectivity index (χ1n) is 6.08. The Hall–Kier alpha value is -1.04. The van der Waals surface area contributed by atoms with Crippen LogP contribution >= 0.6 is 0 Å². The highest BCUT2D eigenvalue weighted by molar-refractivity contribution is 5.82. The van der Waals surface area contributed by atoms with Crippen LogP contribution in [0.4, 0.5) is 13.2 Å². The van der Waals surface area contributed by atoms with Gasteiger partial charge >= 0.3 is 6.18 Å². The number of halogens is 3. The number of carbonyl (C=O) groups excluding carboxylic acids is 1. The van der Waals surface area contributed by atoms with Crippen LogP contribution < -0.4 is 5.73 Å². The van der Waals surface area contributed by atoms with Gasteiger partial charge in [-0.15, -0.1) is 0 Å². The molecule has 104 valence electrons. The lowest BCUT2D eigenvalue weighted by Gasteiger charge is -2.30. The van der Waals surface area contributed by atoms with E-state index < -0.39 is 17.8 Å². The molecule has 0 spiro atoms. The van der Waals surface area contributed by atoms with E-state index in [1.54, 1.807) is 0 Å². The van der Waals surface area contributed by atoms with Crippen molar-refractivity contribution < 1.29 is 18.0 Å². The van der Waals surface area contributed by atoms with Gasteiger partial charge in [-0.05, 0) is 12.3 Å². The second kappa shape index (κ2) is 5.73. The van der Waals surface area contributed by atoms with Gasteiger partial charge in [0, 0.05) is 18.7 Å². The predicted octanol–water partition coefficient (Wildman–Crippen LogP) is 2.08. The van der Waals surface area contributed by atoms with Crippen molar-refractivity contribution in [3.8, 4) is 0 Å². The van der Waals surface area contributed by atoms with Crippen LogP contribution in [0.3, 0.4) is 0 Å². The van der Waals surface area contributed by atoms with Crippen molar-refractivity contribution in [2.75, 3.05) is 13.1 Å². The highest BCUT2D eigenvalue weighted by atomic mass is 19.4. The molecule has 1 heterocycles. The molecule has 2 N–H and O–H groups in total. The van der Waals surface area contributed by atoms with Crippen LogP contribution in [0, 0.1) is 5.92 Å². The number of nitrogens with two attached hydrogens (primary N) is 1. The summed E-state index contributed by atoms with van der Waals surface area (Å²) < 4.78 is 37.2. The third kappa shape index (κ3) is 3.48. The Kier molecular flexibility index (Phi) is 4.78. The van der Waals surface area contributed by atoms with Crippen molar-refractivity contribution >= 4 is 5.91 Å². The minimum Gasteiger partial charge on any atom is -0.337 e. The smallest absolute Gasteiger partial charge is 0.337 e. The molecule has 0 unspecified atom stereocenters. The third-order valence-corrected chi connectivity index (χ3v) is 3.43. The maximum absolute atomic E-state index is 12.4. The van der Waals surface area contributed by atoms with Crippen molar-refractivity contribution in [3.63, 3.8) is 0 Å². The van der Waals surface area contributed by atoms with Gasteiger partial charge in [0.1, 0.15) is 0 Å². The van der Waals surface area contributed by atoms with E-state index in [4.69, 9.17) is 5.73 Å². The molecule has 0 saturated heterocycles. The monoisotopic (exact) mass is 264 g/mol. The zero-order valence-corrected chi connectivity index (χ0v) is 10.6. The maximum atomic E-state index is 12.4. The van der Waals surface area contributed by atoms with Crippen LogP contribution in [-0.2, 0) is 4.79 Å².